The molecule has 0 aliphatic carbocycles. The standard InChI is InChI=1S/C23H39N7O5Si2/c1-12(2)36(13(3)4)32-9-16-18(34-37(35-36,14(5)6)15(7)8)23(31,10-24)21(33-16)30-11-27-17-19(25)28-22(26)29-20(17)30/h11-16,18,21,31H,9H2,1-8H3,(H4,25,26,28,29)/t16-,18-,21-,23?/m1/s1. The first-order valence-corrected chi connectivity index (χ1v) is 16.7. The number of hydrogen-bond donors (Lipinski definition) is 3. The third-order valence-corrected chi connectivity index (χ3v) is 17.9. The van der Waals surface area contributed by atoms with E-state index in [1.54, 1.807) is 0 Å². The number of hydrogen-bond acceptors (Lipinski definition) is 11. The molecule has 2 fully saturated rings. The average Bonchev–Trinajstić information content (AvgIpc) is 3.32. The van der Waals surface area contributed by atoms with E-state index in [1.165, 1.54) is 10.9 Å². The molecule has 2 aliphatic heterocycles. The van der Waals surface area contributed by atoms with Crippen molar-refractivity contribution in [3.8, 4) is 6.07 Å². The van der Waals surface area contributed by atoms with E-state index >= 15 is 0 Å². The summed E-state index contributed by atoms with van der Waals surface area (Å²) in [6, 6.07) is 2.08. The zero-order valence-corrected chi connectivity index (χ0v) is 24.8. The van der Waals surface area contributed by atoms with Gasteiger partial charge >= 0.3 is 17.1 Å². The van der Waals surface area contributed by atoms with Crippen molar-refractivity contribution in [1.29, 1.82) is 5.26 Å². The van der Waals surface area contributed by atoms with Crippen molar-refractivity contribution in [1.82, 2.24) is 19.5 Å². The van der Waals surface area contributed by atoms with Gasteiger partial charge in [0.1, 0.15) is 23.8 Å². The van der Waals surface area contributed by atoms with Crippen LogP contribution in [-0.2, 0) is 17.7 Å². The highest BCUT2D eigenvalue weighted by Gasteiger charge is 2.66. The number of nitrogens with zero attached hydrogens (tertiary/aromatic N) is 5. The molecule has 0 aromatic carbocycles. The van der Waals surface area contributed by atoms with Crippen molar-refractivity contribution in [2.75, 3.05) is 18.1 Å². The van der Waals surface area contributed by atoms with Crippen LogP contribution in [0.1, 0.15) is 61.6 Å². The zero-order valence-electron chi connectivity index (χ0n) is 22.8. The van der Waals surface area contributed by atoms with E-state index < -0.39 is 41.2 Å². The summed E-state index contributed by atoms with van der Waals surface area (Å²) in [5.74, 6) is 0.0365. The Bertz CT molecular complexity index is 1180. The van der Waals surface area contributed by atoms with Crippen molar-refractivity contribution >= 4 is 40.1 Å². The highest BCUT2D eigenvalue weighted by atomic mass is 28.5. The summed E-state index contributed by atoms with van der Waals surface area (Å²) in [7, 11) is -5.93. The molecule has 0 spiro atoms. The first-order chi connectivity index (χ1) is 17.2. The minimum Gasteiger partial charge on any atom is -0.414 e. The summed E-state index contributed by atoms with van der Waals surface area (Å²) in [4.78, 5) is 12.5. The van der Waals surface area contributed by atoms with E-state index in [0.717, 1.165) is 0 Å². The van der Waals surface area contributed by atoms with Gasteiger partial charge in [-0.15, -0.1) is 0 Å². The maximum Gasteiger partial charge on any atom is 0.335 e. The Kier molecular flexibility index (Phi) is 7.21. The number of imidazole rings is 1. The Morgan fingerprint density at radius 1 is 1.05 bits per heavy atom. The number of fused-ring (bicyclic) bond motifs is 2. The van der Waals surface area contributed by atoms with E-state index in [0.29, 0.717) is 5.52 Å². The minimum absolute atomic E-state index is 0.0163. The van der Waals surface area contributed by atoms with E-state index in [4.69, 9.17) is 29.2 Å². The van der Waals surface area contributed by atoms with E-state index in [-0.39, 0.29) is 46.2 Å². The molecule has 2 aliphatic rings. The van der Waals surface area contributed by atoms with Gasteiger partial charge in [0.15, 0.2) is 17.7 Å². The molecule has 0 amide bonds. The van der Waals surface area contributed by atoms with Crippen molar-refractivity contribution in [2.24, 2.45) is 0 Å². The van der Waals surface area contributed by atoms with Crippen LogP contribution < -0.4 is 11.5 Å². The van der Waals surface area contributed by atoms with Crippen LogP contribution in [0.4, 0.5) is 11.8 Å². The lowest BCUT2D eigenvalue weighted by molar-refractivity contribution is -0.0715. The third-order valence-electron chi connectivity index (χ3n) is 7.67. The third kappa shape index (κ3) is 4.17. The zero-order chi connectivity index (χ0) is 27.5. The summed E-state index contributed by atoms with van der Waals surface area (Å²) in [5.41, 5.74) is 10.6. The second-order valence-electron chi connectivity index (χ2n) is 11.3. The smallest absolute Gasteiger partial charge is 0.335 e. The number of ether oxygens (including phenoxy) is 1. The van der Waals surface area contributed by atoms with Crippen LogP contribution in [0, 0.1) is 11.3 Å². The Morgan fingerprint density at radius 2 is 1.65 bits per heavy atom. The molecule has 4 heterocycles. The van der Waals surface area contributed by atoms with Gasteiger partial charge in [0, 0.05) is 0 Å². The molecule has 14 heteroatoms. The Labute approximate surface area is 219 Å². The van der Waals surface area contributed by atoms with Gasteiger partial charge in [0.2, 0.25) is 11.5 Å². The van der Waals surface area contributed by atoms with Crippen LogP contribution in [0.5, 0.6) is 0 Å². The Morgan fingerprint density at radius 3 is 2.19 bits per heavy atom. The molecule has 0 saturated carbocycles. The van der Waals surface area contributed by atoms with Gasteiger partial charge in [-0.2, -0.15) is 15.2 Å². The molecule has 1 unspecified atom stereocenters. The maximum atomic E-state index is 11.9. The van der Waals surface area contributed by atoms with E-state index in [2.05, 4.69) is 76.4 Å². The lowest BCUT2D eigenvalue weighted by Crippen LogP contribution is -2.67. The van der Waals surface area contributed by atoms with E-state index in [9.17, 15) is 10.4 Å². The van der Waals surface area contributed by atoms with E-state index in [1.807, 2.05) is 0 Å². The number of nitrogens with two attached hydrogens (primary N) is 2. The Hall–Kier alpha value is -2.13. The fourth-order valence-corrected chi connectivity index (χ4v) is 16.9. The largest absolute Gasteiger partial charge is 0.414 e. The molecule has 4 rings (SSSR count). The predicted octanol–water partition coefficient (Wildman–Crippen LogP) is 3.10. The highest BCUT2D eigenvalue weighted by molar-refractivity contribution is 6.84. The van der Waals surface area contributed by atoms with Crippen LogP contribution in [-0.4, -0.2) is 66.2 Å². The molecule has 12 nitrogen and oxygen atoms in total. The molecule has 4 atom stereocenters. The molecule has 2 aromatic heterocycles. The van der Waals surface area contributed by atoms with Gasteiger partial charge in [0.05, 0.1) is 12.9 Å². The minimum atomic E-state index is -3.10. The highest BCUT2D eigenvalue weighted by Crippen LogP contribution is 2.50. The first kappa shape index (κ1) is 27.9. The summed E-state index contributed by atoms with van der Waals surface area (Å²) in [6.45, 7) is 16.9. The molecule has 204 valence electrons. The molecule has 5 N–H and O–H groups in total. The predicted molar refractivity (Wildman–Crippen MR) is 142 cm³/mol. The van der Waals surface area contributed by atoms with Crippen LogP contribution in [0.3, 0.4) is 0 Å². The number of rotatable bonds is 5. The van der Waals surface area contributed by atoms with Crippen molar-refractivity contribution in [3.63, 3.8) is 0 Å². The molecule has 2 aromatic rings. The first-order valence-electron chi connectivity index (χ1n) is 12.8. The van der Waals surface area contributed by atoms with Gasteiger partial charge in [-0.05, 0) is 22.2 Å². The van der Waals surface area contributed by atoms with Crippen molar-refractivity contribution in [3.05, 3.63) is 6.33 Å². The number of aromatic nitrogens is 4. The molecular weight excluding hydrogens is 510 g/mol. The molecular formula is C23H39N7O5Si2. The van der Waals surface area contributed by atoms with Gasteiger partial charge < -0.3 is 34.3 Å². The van der Waals surface area contributed by atoms with Gasteiger partial charge in [0.25, 0.3) is 0 Å². The van der Waals surface area contributed by atoms with Gasteiger partial charge in [-0.1, -0.05) is 55.4 Å². The van der Waals surface area contributed by atoms with Gasteiger partial charge in [-0.3, -0.25) is 4.57 Å². The summed E-state index contributed by atoms with van der Waals surface area (Å²) in [6.07, 6.45) is -1.55. The molecule has 2 saturated heterocycles. The average molecular weight is 550 g/mol. The second kappa shape index (κ2) is 9.56. The lowest BCUT2D eigenvalue weighted by Gasteiger charge is -2.51. The Balaban J connectivity index is 1.88. The number of aliphatic hydroxyl groups is 1. The quantitative estimate of drug-likeness (QED) is 0.369. The number of nitriles is 1. The number of nitrogen functional groups attached to an aromatic ring is 2. The van der Waals surface area contributed by atoms with Crippen LogP contribution >= 0.6 is 0 Å². The maximum absolute atomic E-state index is 11.9. The molecule has 37 heavy (non-hydrogen) atoms. The summed E-state index contributed by atoms with van der Waals surface area (Å²) < 4.78 is 28.7. The number of anilines is 2. The molecule has 0 bridgehead atoms. The topological polar surface area (TPSA) is 177 Å². The summed E-state index contributed by atoms with van der Waals surface area (Å²) >= 11 is 0. The normalized spacial score (nSPS) is 29.6. The summed E-state index contributed by atoms with van der Waals surface area (Å²) in [5, 5.41) is 22.3. The molecule has 0 radical (unpaired) electrons. The van der Waals surface area contributed by atoms with Gasteiger partial charge in [-0.25, -0.2) is 4.98 Å². The van der Waals surface area contributed by atoms with Crippen LogP contribution in [0.2, 0.25) is 22.2 Å². The lowest BCUT2D eigenvalue weighted by atomic mass is 9.96. The SMILES string of the molecule is CC(C)[Si]1(C(C)C)OC[C@H]2O[C@@H](n3cnc4c(N)nc(N)nc43)C(O)(C#N)[C@@H]2O[Si](C(C)C)(C(C)C)O1. The second-order valence-corrected chi connectivity index (χ2v) is 20.1. The van der Waals surface area contributed by atoms with Crippen LogP contribution in [0.25, 0.3) is 11.2 Å². The van der Waals surface area contributed by atoms with Crippen molar-refractivity contribution in [2.45, 2.75) is 102 Å². The van der Waals surface area contributed by atoms with Crippen molar-refractivity contribution < 1.29 is 22.8 Å². The monoisotopic (exact) mass is 549 g/mol. The fraction of sp³-hybridized carbons (Fsp3) is 0.739. The fourth-order valence-electron chi connectivity index (χ4n) is 5.70. The van der Waals surface area contributed by atoms with Crippen LogP contribution in [0.15, 0.2) is 6.33 Å².